The minimum atomic E-state index is -0.119. The lowest BCUT2D eigenvalue weighted by Crippen LogP contribution is -2.68. The Kier molecular flexibility index (Phi) is 2.32. The number of nitrogens with two attached hydrogens (primary N) is 1. The van der Waals surface area contributed by atoms with Crippen LogP contribution in [0.2, 0.25) is 10.0 Å². The summed E-state index contributed by atoms with van der Waals surface area (Å²) in [7, 11) is 0. The van der Waals surface area contributed by atoms with E-state index in [0.29, 0.717) is 21.3 Å². The van der Waals surface area contributed by atoms with Gasteiger partial charge in [-0.25, -0.2) is 0 Å². The van der Waals surface area contributed by atoms with Crippen molar-refractivity contribution in [3.63, 3.8) is 0 Å². The molecule has 5 heteroatoms. The molecule has 0 aromatic heterocycles. The molecule has 3 fully saturated rings. The van der Waals surface area contributed by atoms with Gasteiger partial charge in [0.2, 0.25) is 0 Å². The first-order valence-electron chi connectivity index (χ1n) is 5.56. The lowest BCUT2D eigenvalue weighted by Gasteiger charge is -2.61. The molecule has 3 aliphatic carbocycles. The van der Waals surface area contributed by atoms with E-state index in [1.807, 2.05) is 0 Å². The number of nitrogen functional groups attached to an aromatic ring is 1. The number of benzene rings is 1. The van der Waals surface area contributed by atoms with Crippen LogP contribution in [0.25, 0.3) is 0 Å². The molecule has 0 spiro atoms. The monoisotopic (exact) mass is 270 g/mol. The summed E-state index contributed by atoms with van der Waals surface area (Å²) in [6, 6.07) is 3.12. The zero-order valence-electron chi connectivity index (χ0n) is 9.09. The van der Waals surface area contributed by atoms with Gasteiger partial charge in [-0.15, -0.1) is 0 Å². The zero-order valence-corrected chi connectivity index (χ0v) is 10.6. The molecule has 0 atom stereocenters. The van der Waals surface area contributed by atoms with Gasteiger partial charge in [-0.2, -0.15) is 0 Å². The molecule has 0 saturated heterocycles. The maximum absolute atomic E-state index is 12.0. The lowest BCUT2D eigenvalue weighted by atomic mass is 9.50. The van der Waals surface area contributed by atoms with E-state index in [1.54, 1.807) is 12.1 Å². The van der Waals surface area contributed by atoms with Crippen molar-refractivity contribution in [2.45, 2.75) is 24.8 Å². The van der Waals surface area contributed by atoms with E-state index >= 15 is 0 Å². The number of anilines is 1. The predicted octanol–water partition coefficient (Wildman–Crippen LogP) is 2.86. The summed E-state index contributed by atoms with van der Waals surface area (Å²) >= 11 is 11.8. The Balaban J connectivity index is 1.81. The summed E-state index contributed by atoms with van der Waals surface area (Å²) in [6.45, 7) is 0. The van der Waals surface area contributed by atoms with Crippen LogP contribution >= 0.6 is 23.2 Å². The molecule has 4 rings (SSSR count). The van der Waals surface area contributed by atoms with Crippen LogP contribution in [0.5, 0.6) is 0 Å². The Bertz CT molecular complexity index is 475. The third kappa shape index (κ3) is 1.69. The largest absolute Gasteiger partial charge is 0.396 e. The van der Waals surface area contributed by atoms with Crippen molar-refractivity contribution in [3.8, 4) is 0 Å². The van der Waals surface area contributed by atoms with Crippen molar-refractivity contribution in [1.29, 1.82) is 0 Å². The number of nitrogens with one attached hydrogen (secondary N) is 1. The molecule has 0 aliphatic heterocycles. The summed E-state index contributed by atoms with van der Waals surface area (Å²) < 4.78 is 0. The summed E-state index contributed by atoms with van der Waals surface area (Å²) in [5, 5.41) is 3.69. The van der Waals surface area contributed by atoms with Gasteiger partial charge in [0.15, 0.2) is 0 Å². The summed E-state index contributed by atoms with van der Waals surface area (Å²) in [6.07, 6.45) is 3.32. The van der Waals surface area contributed by atoms with Crippen LogP contribution < -0.4 is 11.1 Å². The van der Waals surface area contributed by atoms with E-state index < -0.39 is 0 Å². The molecule has 3 aliphatic rings. The van der Waals surface area contributed by atoms with Gasteiger partial charge in [-0.3, -0.25) is 4.79 Å². The Morgan fingerprint density at radius 2 is 1.82 bits per heavy atom. The average molecular weight is 271 g/mol. The van der Waals surface area contributed by atoms with Crippen molar-refractivity contribution in [2.24, 2.45) is 5.92 Å². The predicted molar refractivity (Wildman–Crippen MR) is 68.4 cm³/mol. The Morgan fingerprint density at radius 3 is 2.24 bits per heavy atom. The highest BCUT2D eigenvalue weighted by Crippen LogP contribution is 2.57. The van der Waals surface area contributed by atoms with Gasteiger partial charge in [-0.05, 0) is 37.3 Å². The van der Waals surface area contributed by atoms with E-state index in [4.69, 9.17) is 28.9 Å². The first-order valence-corrected chi connectivity index (χ1v) is 6.32. The zero-order chi connectivity index (χ0) is 12.2. The van der Waals surface area contributed by atoms with E-state index in [0.717, 1.165) is 25.2 Å². The smallest absolute Gasteiger partial charge is 0.251 e. The van der Waals surface area contributed by atoms with Gasteiger partial charge in [0.05, 0.1) is 15.7 Å². The van der Waals surface area contributed by atoms with E-state index in [-0.39, 0.29) is 11.4 Å². The number of halogens is 2. The van der Waals surface area contributed by atoms with Gasteiger partial charge in [0.25, 0.3) is 5.91 Å². The number of carbonyl (C=O) groups is 1. The molecule has 0 radical (unpaired) electrons. The molecule has 1 aromatic rings. The van der Waals surface area contributed by atoms with Gasteiger partial charge >= 0.3 is 0 Å². The molecule has 0 unspecified atom stereocenters. The quantitative estimate of drug-likeness (QED) is 0.812. The third-order valence-corrected chi connectivity index (χ3v) is 4.38. The number of hydrogen-bond acceptors (Lipinski definition) is 2. The Labute approximate surface area is 109 Å². The first-order chi connectivity index (χ1) is 7.99. The average Bonchev–Trinajstić information content (AvgIpc) is 2.17. The van der Waals surface area contributed by atoms with Crippen LogP contribution in [0.1, 0.15) is 29.6 Å². The van der Waals surface area contributed by atoms with Crippen molar-refractivity contribution in [2.75, 3.05) is 5.73 Å². The highest BCUT2D eigenvalue weighted by Gasteiger charge is 2.57. The Morgan fingerprint density at radius 1 is 1.29 bits per heavy atom. The molecule has 90 valence electrons. The SMILES string of the molecule is Nc1c(Cl)cc(C(=O)NC23CC(C2)C3)cc1Cl. The number of amides is 1. The van der Waals surface area contributed by atoms with Gasteiger partial charge < -0.3 is 11.1 Å². The normalized spacial score (nSPS) is 29.2. The van der Waals surface area contributed by atoms with E-state index in [9.17, 15) is 4.79 Å². The fourth-order valence-corrected chi connectivity index (χ4v) is 3.15. The van der Waals surface area contributed by atoms with Crippen molar-refractivity contribution in [1.82, 2.24) is 5.32 Å². The second-order valence-electron chi connectivity index (χ2n) is 5.07. The summed E-state index contributed by atoms with van der Waals surface area (Å²) in [5.74, 6) is 0.709. The molecule has 3 saturated carbocycles. The van der Waals surface area contributed by atoms with Crippen LogP contribution in [0, 0.1) is 5.92 Å². The van der Waals surface area contributed by atoms with Crippen molar-refractivity contribution < 1.29 is 4.79 Å². The summed E-state index contributed by atoms with van der Waals surface area (Å²) in [4.78, 5) is 12.0. The highest BCUT2D eigenvalue weighted by molar-refractivity contribution is 6.39. The molecule has 1 amide bonds. The fourth-order valence-electron chi connectivity index (χ4n) is 2.66. The van der Waals surface area contributed by atoms with Crippen molar-refractivity contribution >= 4 is 34.8 Å². The molecular formula is C12H12Cl2N2O. The van der Waals surface area contributed by atoms with Crippen LogP contribution in [-0.4, -0.2) is 11.4 Å². The van der Waals surface area contributed by atoms with Crippen LogP contribution in [0.4, 0.5) is 5.69 Å². The third-order valence-electron chi connectivity index (χ3n) is 3.76. The van der Waals surface area contributed by atoms with Gasteiger partial charge in [-0.1, -0.05) is 23.2 Å². The standard InChI is InChI=1S/C12H12Cl2N2O/c13-8-1-7(2-9(14)10(8)15)11(17)16-12-3-6(4-12)5-12/h1-2,6H,3-5,15H2,(H,16,17). The first kappa shape index (κ1) is 11.2. The molecular weight excluding hydrogens is 259 g/mol. The maximum atomic E-state index is 12.0. The second kappa shape index (κ2) is 3.53. The van der Waals surface area contributed by atoms with Crippen LogP contribution in [0.15, 0.2) is 12.1 Å². The number of rotatable bonds is 2. The lowest BCUT2D eigenvalue weighted by molar-refractivity contribution is -0.0438. The highest BCUT2D eigenvalue weighted by atomic mass is 35.5. The van der Waals surface area contributed by atoms with Crippen molar-refractivity contribution in [3.05, 3.63) is 27.7 Å². The Hall–Kier alpha value is -0.930. The second-order valence-corrected chi connectivity index (χ2v) is 5.88. The van der Waals surface area contributed by atoms with E-state index in [1.165, 1.54) is 0 Å². The van der Waals surface area contributed by atoms with Crippen LogP contribution in [-0.2, 0) is 0 Å². The molecule has 1 aromatic carbocycles. The van der Waals surface area contributed by atoms with Gasteiger partial charge in [0, 0.05) is 11.1 Å². The topological polar surface area (TPSA) is 55.1 Å². The summed E-state index contributed by atoms with van der Waals surface area (Å²) in [5.41, 5.74) is 6.47. The minimum Gasteiger partial charge on any atom is -0.396 e. The van der Waals surface area contributed by atoms with Gasteiger partial charge in [0.1, 0.15) is 0 Å². The van der Waals surface area contributed by atoms with E-state index in [2.05, 4.69) is 5.32 Å². The van der Waals surface area contributed by atoms with Crippen LogP contribution in [0.3, 0.4) is 0 Å². The number of carbonyl (C=O) groups excluding carboxylic acids is 1. The fraction of sp³-hybridized carbons (Fsp3) is 0.417. The molecule has 2 bridgehead atoms. The molecule has 17 heavy (non-hydrogen) atoms. The minimum absolute atomic E-state index is 0.0576. The molecule has 0 heterocycles. The molecule has 3 nitrogen and oxygen atoms in total. The number of hydrogen-bond donors (Lipinski definition) is 2. The molecule has 3 N–H and O–H groups in total. The maximum Gasteiger partial charge on any atom is 0.251 e.